The van der Waals surface area contributed by atoms with E-state index in [2.05, 4.69) is 4.98 Å². The summed E-state index contributed by atoms with van der Waals surface area (Å²) < 4.78 is 10.3. The van der Waals surface area contributed by atoms with Crippen LogP contribution in [0.2, 0.25) is 5.02 Å². The van der Waals surface area contributed by atoms with Gasteiger partial charge in [0.25, 0.3) is 0 Å². The number of hydrogen-bond donors (Lipinski definition) is 0. The minimum Gasteiger partial charge on any atom is -0.497 e. The lowest BCUT2D eigenvalue weighted by atomic mass is 10.2. The number of aromatic nitrogens is 1. The van der Waals surface area contributed by atoms with Gasteiger partial charge in [-0.05, 0) is 42.5 Å². The van der Waals surface area contributed by atoms with Crippen LogP contribution in [0.15, 0.2) is 51.7 Å². The molecule has 0 aliphatic carbocycles. The molecule has 0 radical (unpaired) electrons. The van der Waals surface area contributed by atoms with E-state index in [1.165, 1.54) is 0 Å². The van der Waals surface area contributed by atoms with Gasteiger partial charge in [0.2, 0.25) is 5.89 Å². The van der Waals surface area contributed by atoms with Crippen molar-refractivity contribution in [1.29, 1.82) is 0 Å². The summed E-state index contributed by atoms with van der Waals surface area (Å²) in [5.74, 6) is 0.996. The van der Waals surface area contributed by atoms with Gasteiger partial charge in [0.15, 0.2) is 0 Å². The lowest BCUT2D eigenvalue weighted by molar-refractivity contribution is 0.415. The van der Waals surface area contributed by atoms with E-state index in [1.54, 1.807) is 49.6 Å². The largest absolute Gasteiger partial charge is 0.497 e. The predicted octanol–water partition coefficient (Wildman–Crippen LogP) is 3.52. The maximum atomic E-state index is 12.0. The van der Waals surface area contributed by atoms with Gasteiger partial charge in [-0.3, -0.25) is 0 Å². The standard InChI is InChI=1S/C15H10ClNO3/c1-19-11-5-2-9(3-6-11)14-17-13-7-4-10(16)8-12(13)15(18)20-14/h2-8H,1H3. The van der Waals surface area contributed by atoms with Crippen molar-refractivity contribution in [3.05, 3.63) is 57.9 Å². The van der Waals surface area contributed by atoms with Crippen LogP contribution in [-0.2, 0) is 0 Å². The third-order valence-electron chi connectivity index (χ3n) is 2.93. The van der Waals surface area contributed by atoms with Gasteiger partial charge in [-0.15, -0.1) is 0 Å². The third kappa shape index (κ3) is 2.26. The number of methoxy groups -OCH3 is 1. The minimum absolute atomic E-state index is 0.271. The summed E-state index contributed by atoms with van der Waals surface area (Å²) in [6, 6.07) is 12.1. The number of nitrogens with zero attached hydrogens (tertiary/aromatic N) is 1. The Balaban J connectivity index is 2.16. The summed E-state index contributed by atoms with van der Waals surface area (Å²) in [6.07, 6.45) is 0. The van der Waals surface area contributed by atoms with Gasteiger partial charge in [-0.1, -0.05) is 11.6 Å². The molecule has 0 fully saturated rings. The van der Waals surface area contributed by atoms with Crippen LogP contribution in [0.4, 0.5) is 0 Å². The smallest absolute Gasteiger partial charge is 0.347 e. The topological polar surface area (TPSA) is 52.3 Å². The molecule has 3 aromatic rings. The van der Waals surface area contributed by atoms with Crippen LogP contribution in [0.25, 0.3) is 22.4 Å². The Morgan fingerprint density at radius 3 is 2.60 bits per heavy atom. The summed E-state index contributed by atoms with van der Waals surface area (Å²) >= 11 is 5.86. The van der Waals surface area contributed by atoms with E-state index in [-0.39, 0.29) is 5.89 Å². The highest BCUT2D eigenvalue weighted by Gasteiger charge is 2.09. The molecule has 1 aromatic heterocycles. The first-order chi connectivity index (χ1) is 9.67. The van der Waals surface area contributed by atoms with Crippen LogP contribution in [0.3, 0.4) is 0 Å². The molecule has 0 bridgehead atoms. The van der Waals surface area contributed by atoms with E-state index >= 15 is 0 Å². The van der Waals surface area contributed by atoms with Crippen LogP contribution in [0, 0.1) is 0 Å². The lowest BCUT2D eigenvalue weighted by Crippen LogP contribution is -2.02. The lowest BCUT2D eigenvalue weighted by Gasteiger charge is -2.03. The average Bonchev–Trinajstić information content (AvgIpc) is 2.48. The first-order valence-electron chi connectivity index (χ1n) is 5.92. The third-order valence-corrected chi connectivity index (χ3v) is 3.16. The molecule has 4 nitrogen and oxygen atoms in total. The Morgan fingerprint density at radius 2 is 1.90 bits per heavy atom. The molecule has 0 aliphatic heterocycles. The van der Waals surface area contributed by atoms with Gasteiger partial charge >= 0.3 is 5.63 Å². The predicted molar refractivity (Wildman–Crippen MR) is 77.3 cm³/mol. The molecular formula is C15H10ClNO3. The number of ether oxygens (including phenoxy) is 1. The molecule has 0 unspecified atom stereocenters. The molecule has 0 N–H and O–H groups in total. The van der Waals surface area contributed by atoms with E-state index in [4.69, 9.17) is 20.8 Å². The highest BCUT2D eigenvalue weighted by atomic mass is 35.5. The van der Waals surface area contributed by atoms with Crippen molar-refractivity contribution in [3.8, 4) is 17.2 Å². The summed E-state index contributed by atoms with van der Waals surface area (Å²) in [5.41, 5.74) is 0.805. The molecule has 20 heavy (non-hydrogen) atoms. The van der Waals surface area contributed by atoms with Gasteiger partial charge in [0.05, 0.1) is 18.0 Å². The van der Waals surface area contributed by atoms with Gasteiger partial charge in [-0.2, -0.15) is 0 Å². The van der Waals surface area contributed by atoms with E-state index in [0.29, 0.717) is 21.5 Å². The van der Waals surface area contributed by atoms with Crippen molar-refractivity contribution in [1.82, 2.24) is 4.98 Å². The van der Waals surface area contributed by atoms with E-state index in [1.807, 2.05) is 0 Å². The first kappa shape index (κ1) is 12.7. The second kappa shape index (κ2) is 4.98. The summed E-state index contributed by atoms with van der Waals surface area (Å²) in [6.45, 7) is 0. The fraction of sp³-hybridized carbons (Fsp3) is 0.0667. The number of hydrogen-bond acceptors (Lipinski definition) is 4. The van der Waals surface area contributed by atoms with Gasteiger partial charge in [0, 0.05) is 10.6 Å². The van der Waals surface area contributed by atoms with E-state index in [9.17, 15) is 4.79 Å². The Hall–Kier alpha value is -2.33. The summed E-state index contributed by atoms with van der Waals surface area (Å²) in [5, 5.41) is 0.846. The maximum Gasteiger partial charge on any atom is 0.347 e. The minimum atomic E-state index is -0.455. The SMILES string of the molecule is COc1ccc(-c2nc3ccc(Cl)cc3c(=O)o2)cc1. The van der Waals surface area contributed by atoms with Crippen molar-refractivity contribution in [2.75, 3.05) is 7.11 Å². The summed E-state index contributed by atoms with van der Waals surface area (Å²) in [7, 11) is 1.59. The molecular weight excluding hydrogens is 278 g/mol. The highest BCUT2D eigenvalue weighted by molar-refractivity contribution is 6.31. The zero-order valence-electron chi connectivity index (χ0n) is 10.6. The molecule has 100 valence electrons. The maximum absolute atomic E-state index is 12.0. The normalized spacial score (nSPS) is 10.7. The number of halogens is 1. The number of rotatable bonds is 2. The Kier molecular flexibility index (Phi) is 3.16. The quantitative estimate of drug-likeness (QED) is 0.724. The molecule has 0 saturated carbocycles. The zero-order chi connectivity index (χ0) is 14.1. The molecule has 2 aromatic carbocycles. The van der Waals surface area contributed by atoms with Crippen molar-refractivity contribution >= 4 is 22.5 Å². The van der Waals surface area contributed by atoms with Crippen LogP contribution < -0.4 is 10.4 Å². The zero-order valence-corrected chi connectivity index (χ0v) is 11.3. The molecule has 3 rings (SSSR count). The van der Waals surface area contributed by atoms with Gasteiger partial charge in [-0.25, -0.2) is 9.78 Å². The molecule has 1 heterocycles. The van der Waals surface area contributed by atoms with E-state index < -0.39 is 5.63 Å². The fourth-order valence-corrected chi connectivity index (χ4v) is 2.07. The Bertz CT molecular complexity index is 825. The highest BCUT2D eigenvalue weighted by Crippen LogP contribution is 2.22. The summed E-state index contributed by atoms with van der Waals surface area (Å²) in [4.78, 5) is 16.3. The number of benzene rings is 2. The van der Waals surface area contributed by atoms with Crippen molar-refractivity contribution in [3.63, 3.8) is 0 Å². The van der Waals surface area contributed by atoms with E-state index in [0.717, 1.165) is 5.75 Å². The molecule has 0 saturated heterocycles. The molecule has 0 spiro atoms. The van der Waals surface area contributed by atoms with Gasteiger partial charge in [0.1, 0.15) is 5.75 Å². The second-order valence-electron chi connectivity index (χ2n) is 4.20. The number of fused-ring (bicyclic) bond motifs is 1. The van der Waals surface area contributed by atoms with Crippen molar-refractivity contribution in [2.45, 2.75) is 0 Å². The Morgan fingerprint density at radius 1 is 1.15 bits per heavy atom. The fourth-order valence-electron chi connectivity index (χ4n) is 1.90. The van der Waals surface area contributed by atoms with Crippen molar-refractivity contribution < 1.29 is 9.15 Å². The Labute approximate surface area is 119 Å². The average molecular weight is 288 g/mol. The van der Waals surface area contributed by atoms with Crippen LogP contribution in [0.1, 0.15) is 0 Å². The van der Waals surface area contributed by atoms with Gasteiger partial charge < -0.3 is 9.15 Å². The van der Waals surface area contributed by atoms with Crippen LogP contribution in [0.5, 0.6) is 5.75 Å². The molecule has 0 amide bonds. The first-order valence-corrected chi connectivity index (χ1v) is 6.30. The second-order valence-corrected chi connectivity index (χ2v) is 4.63. The van der Waals surface area contributed by atoms with Crippen LogP contribution in [-0.4, -0.2) is 12.1 Å². The van der Waals surface area contributed by atoms with Crippen molar-refractivity contribution in [2.24, 2.45) is 0 Å². The van der Waals surface area contributed by atoms with Crippen LogP contribution >= 0.6 is 11.6 Å². The molecule has 5 heteroatoms. The molecule has 0 aliphatic rings. The molecule has 0 atom stereocenters. The monoisotopic (exact) mass is 287 g/mol.